The van der Waals surface area contributed by atoms with Crippen LogP contribution in [0.5, 0.6) is 0 Å². The van der Waals surface area contributed by atoms with Crippen LogP contribution in [0, 0.1) is 11.8 Å². The number of nitrogens with zero attached hydrogens (tertiary/aromatic N) is 2. The molecule has 0 N–H and O–H groups in total. The van der Waals surface area contributed by atoms with Crippen molar-refractivity contribution in [3.05, 3.63) is 24.6 Å². The summed E-state index contributed by atoms with van der Waals surface area (Å²) in [6.07, 6.45) is 19.2. The molecular weight excluding hydrogens is 340 g/mol. The van der Waals surface area contributed by atoms with Crippen molar-refractivity contribution in [2.24, 2.45) is 11.8 Å². The molecule has 2 nitrogen and oxygen atoms in total. The van der Waals surface area contributed by atoms with E-state index in [1.165, 1.54) is 101 Å². The third-order valence-electron chi connectivity index (χ3n) is 7.82. The Bertz CT molecular complexity index is 419. The van der Waals surface area contributed by atoms with Gasteiger partial charge in [0.25, 0.3) is 0 Å². The van der Waals surface area contributed by atoms with Crippen LogP contribution < -0.4 is 0 Å². The van der Waals surface area contributed by atoms with Gasteiger partial charge in [-0.3, -0.25) is 0 Å². The van der Waals surface area contributed by atoms with Crippen LogP contribution in [0.1, 0.15) is 104 Å². The summed E-state index contributed by atoms with van der Waals surface area (Å²) in [6.45, 7) is 13.0. The molecule has 0 aromatic heterocycles. The molecule has 0 radical (unpaired) electrons. The molecule has 3 fully saturated rings. The van der Waals surface area contributed by atoms with Crippen molar-refractivity contribution in [3.63, 3.8) is 0 Å². The Morgan fingerprint density at radius 1 is 0.536 bits per heavy atom. The molecule has 3 aliphatic rings. The van der Waals surface area contributed by atoms with E-state index in [0.29, 0.717) is 12.1 Å². The van der Waals surface area contributed by atoms with E-state index in [-0.39, 0.29) is 0 Å². The van der Waals surface area contributed by atoms with E-state index in [0.717, 1.165) is 11.8 Å². The van der Waals surface area contributed by atoms with Crippen molar-refractivity contribution in [1.29, 1.82) is 0 Å². The lowest BCUT2D eigenvalue weighted by atomic mass is 9.83. The minimum atomic E-state index is 0.706. The summed E-state index contributed by atoms with van der Waals surface area (Å²) in [6, 6.07) is 1.41. The summed E-state index contributed by atoms with van der Waals surface area (Å²) in [7, 11) is 4.62. The average molecular weight is 389 g/mol. The van der Waals surface area contributed by atoms with Crippen LogP contribution in [-0.2, 0) is 0 Å². The second-order valence-electron chi connectivity index (χ2n) is 9.34. The summed E-state index contributed by atoms with van der Waals surface area (Å²) in [5, 5.41) is 0. The average Bonchev–Trinajstić information content (AvgIpc) is 2.79. The Morgan fingerprint density at radius 2 is 0.821 bits per heavy atom. The van der Waals surface area contributed by atoms with Gasteiger partial charge in [0.2, 0.25) is 0 Å². The Kier molecular flexibility index (Phi) is 9.95. The van der Waals surface area contributed by atoms with Crippen LogP contribution in [0.25, 0.3) is 0 Å². The van der Waals surface area contributed by atoms with Gasteiger partial charge in [-0.2, -0.15) is 0 Å². The van der Waals surface area contributed by atoms with Gasteiger partial charge >= 0.3 is 0 Å². The topological polar surface area (TPSA) is 6.48 Å². The van der Waals surface area contributed by atoms with Gasteiger partial charge < -0.3 is 9.80 Å². The van der Waals surface area contributed by atoms with Crippen LogP contribution >= 0.6 is 0 Å². The fourth-order valence-corrected chi connectivity index (χ4v) is 5.75. The lowest BCUT2D eigenvalue weighted by Gasteiger charge is -2.43. The zero-order chi connectivity index (χ0) is 20.5. The third kappa shape index (κ3) is 6.04. The van der Waals surface area contributed by atoms with Crippen LogP contribution in [0.15, 0.2) is 24.6 Å². The van der Waals surface area contributed by atoms with Gasteiger partial charge in [0.15, 0.2) is 0 Å². The first kappa shape index (κ1) is 23.4. The molecule has 0 atom stereocenters. The molecule has 0 aliphatic heterocycles. The molecule has 0 aromatic rings. The molecule has 0 saturated heterocycles. The van der Waals surface area contributed by atoms with E-state index < -0.39 is 0 Å². The van der Waals surface area contributed by atoms with E-state index in [9.17, 15) is 0 Å². The first-order valence-electron chi connectivity index (χ1n) is 12.4. The number of rotatable bonds is 6. The van der Waals surface area contributed by atoms with Crippen LogP contribution in [-0.4, -0.2) is 36.0 Å². The van der Waals surface area contributed by atoms with Gasteiger partial charge in [-0.15, -0.1) is 0 Å². The lowest BCUT2D eigenvalue weighted by Crippen LogP contribution is -2.42. The maximum atomic E-state index is 4.50. The highest BCUT2D eigenvalue weighted by Crippen LogP contribution is 2.36. The monoisotopic (exact) mass is 388 g/mol. The first-order valence-corrected chi connectivity index (χ1v) is 12.4. The molecule has 3 saturated carbocycles. The van der Waals surface area contributed by atoms with Crippen molar-refractivity contribution < 1.29 is 0 Å². The zero-order valence-corrected chi connectivity index (χ0v) is 19.5. The molecule has 2 heteroatoms. The molecule has 0 spiro atoms. The van der Waals surface area contributed by atoms with Crippen LogP contribution in [0.4, 0.5) is 0 Å². The van der Waals surface area contributed by atoms with Crippen molar-refractivity contribution in [1.82, 2.24) is 9.80 Å². The van der Waals surface area contributed by atoms with Gasteiger partial charge in [-0.25, -0.2) is 0 Å². The number of hydrogen-bond donors (Lipinski definition) is 0. The number of allylic oxidation sites excluding steroid dienone is 2. The summed E-state index contributed by atoms with van der Waals surface area (Å²) < 4.78 is 0. The molecule has 3 aliphatic carbocycles. The molecule has 0 heterocycles. The maximum absolute atomic E-state index is 4.50. The van der Waals surface area contributed by atoms with Crippen molar-refractivity contribution in [2.45, 2.75) is 116 Å². The van der Waals surface area contributed by atoms with Gasteiger partial charge in [-0.1, -0.05) is 65.5 Å². The van der Waals surface area contributed by atoms with Crippen molar-refractivity contribution in [2.75, 3.05) is 14.1 Å². The Hall–Kier alpha value is -0.920. The van der Waals surface area contributed by atoms with E-state index >= 15 is 0 Å². The predicted octanol–water partition coefficient (Wildman–Crippen LogP) is 7.38. The number of hydrogen-bond acceptors (Lipinski definition) is 2. The molecule has 0 amide bonds. The summed E-state index contributed by atoms with van der Waals surface area (Å²) in [4.78, 5) is 5.12. The second-order valence-corrected chi connectivity index (χ2v) is 9.34. The Labute approximate surface area is 176 Å². The van der Waals surface area contributed by atoms with Gasteiger partial charge in [0.05, 0.1) is 0 Å². The highest BCUT2D eigenvalue weighted by atomic mass is 15.2. The predicted molar refractivity (Wildman–Crippen MR) is 124 cm³/mol. The van der Waals surface area contributed by atoms with Gasteiger partial charge in [0, 0.05) is 37.6 Å². The SMILES string of the molecule is C=C(C1CCCCC1)N(C)C1CCC(N(C)C(=C)C2CCCCC2)CC1.CC. The maximum Gasteiger partial charge on any atom is 0.0285 e. The highest BCUT2D eigenvalue weighted by Gasteiger charge is 2.30. The normalized spacial score (nSPS) is 26.7. The standard InChI is InChI=1S/C24H42N2.C2H6/c1-19(21-11-7-5-8-12-21)25(3)23-15-17-24(18-16-23)26(4)20(2)22-13-9-6-10-14-22;1-2/h21-24H,1-2,5-18H2,3-4H3;1-2H3. The van der Waals surface area contributed by atoms with E-state index in [2.05, 4.69) is 37.1 Å². The largest absolute Gasteiger partial charge is 0.375 e. The van der Waals surface area contributed by atoms with Crippen LogP contribution in [0.3, 0.4) is 0 Å². The Morgan fingerprint density at radius 3 is 1.11 bits per heavy atom. The minimum absolute atomic E-state index is 0.706. The molecule has 3 rings (SSSR count). The second kappa shape index (κ2) is 11.9. The van der Waals surface area contributed by atoms with Gasteiger partial charge in [-0.05, 0) is 63.2 Å². The highest BCUT2D eigenvalue weighted by molar-refractivity contribution is 5.05. The third-order valence-corrected chi connectivity index (χ3v) is 7.82. The first-order chi connectivity index (χ1) is 13.6. The molecule has 0 unspecified atom stereocenters. The summed E-state index contributed by atoms with van der Waals surface area (Å²) >= 11 is 0. The quantitative estimate of drug-likeness (QED) is 0.468. The molecule has 0 bridgehead atoms. The van der Waals surface area contributed by atoms with Gasteiger partial charge in [0.1, 0.15) is 0 Å². The van der Waals surface area contributed by atoms with E-state index in [4.69, 9.17) is 0 Å². The minimum Gasteiger partial charge on any atom is -0.375 e. The van der Waals surface area contributed by atoms with E-state index in [1.807, 2.05) is 13.8 Å². The zero-order valence-electron chi connectivity index (χ0n) is 19.5. The summed E-state index contributed by atoms with van der Waals surface area (Å²) in [5.41, 5.74) is 2.85. The van der Waals surface area contributed by atoms with Crippen LogP contribution in [0.2, 0.25) is 0 Å². The molecule has 0 aromatic carbocycles. The summed E-state index contributed by atoms with van der Waals surface area (Å²) in [5.74, 6) is 1.50. The Balaban J connectivity index is 0.00000136. The lowest BCUT2D eigenvalue weighted by molar-refractivity contribution is 0.140. The van der Waals surface area contributed by atoms with Crippen molar-refractivity contribution in [3.8, 4) is 0 Å². The fraction of sp³-hybridized carbons (Fsp3) is 0.846. The molecule has 162 valence electrons. The van der Waals surface area contributed by atoms with Crippen molar-refractivity contribution >= 4 is 0 Å². The molecule has 28 heavy (non-hydrogen) atoms. The molecular formula is C26H48N2. The fourth-order valence-electron chi connectivity index (χ4n) is 5.75. The van der Waals surface area contributed by atoms with E-state index in [1.54, 1.807) is 0 Å². The smallest absolute Gasteiger partial charge is 0.0285 e.